The van der Waals surface area contributed by atoms with E-state index in [0.717, 1.165) is 0 Å². The minimum atomic E-state index is -0.344. The summed E-state index contributed by atoms with van der Waals surface area (Å²) in [5.74, 6) is 0.517. The van der Waals surface area contributed by atoms with E-state index in [4.69, 9.17) is 15.2 Å². The molecule has 7 nitrogen and oxygen atoms in total. The number of benzene rings is 1. The normalized spacial score (nSPS) is 11.4. The van der Waals surface area contributed by atoms with Gasteiger partial charge in [0.2, 0.25) is 11.8 Å². The van der Waals surface area contributed by atoms with Gasteiger partial charge in [-0.25, -0.2) is 0 Å². The summed E-state index contributed by atoms with van der Waals surface area (Å²) in [7, 11) is 3.04. The molecule has 0 aliphatic rings. The zero-order chi connectivity index (χ0) is 15.8. The molecule has 0 saturated carbocycles. The van der Waals surface area contributed by atoms with Crippen molar-refractivity contribution in [3.63, 3.8) is 0 Å². The van der Waals surface area contributed by atoms with Crippen LogP contribution in [0.5, 0.6) is 11.5 Å². The lowest BCUT2D eigenvalue weighted by molar-refractivity contribution is -0.124. The second-order valence-electron chi connectivity index (χ2n) is 4.61. The number of nitrogens with one attached hydrogen (secondary N) is 2. The Morgan fingerprint density at radius 3 is 2.19 bits per heavy atom. The monoisotopic (exact) mass is 295 g/mol. The molecule has 1 unspecified atom stereocenters. The Morgan fingerprint density at radius 2 is 1.71 bits per heavy atom. The van der Waals surface area contributed by atoms with Crippen molar-refractivity contribution in [3.8, 4) is 11.5 Å². The SMILES string of the molecule is COc1cc(NC(=O)CNC(=O)CC(C)N)cc(OC)c1. The van der Waals surface area contributed by atoms with Crippen LogP contribution in [0.1, 0.15) is 13.3 Å². The molecule has 2 amide bonds. The van der Waals surface area contributed by atoms with Crippen LogP contribution < -0.4 is 25.8 Å². The van der Waals surface area contributed by atoms with Gasteiger partial charge < -0.3 is 25.8 Å². The molecule has 0 fully saturated rings. The molecular formula is C14H21N3O4. The van der Waals surface area contributed by atoms with Crippen molar-refractivity contribution in [1.29, 1.82) is 0 Å². The molecule has 21 heavy (non-hydrogen) atoms. The summed E-state index contributed by atoms with van der Waals surface area (Å²) in [6.45, 7) is 1.60. The molecule has 0 aliphatic heterocycles. The fourth-order valence-electron chi connectivity index (χ4n) is 1.63. The molecule has 1 rings (SSSR count). The molecule has 0 spiro atoms. The van der Waals surface area contributed by atoms with Crippen molar-refractivity contribution in [1.82, 2.24) is 5.32 Å². The van der Waals surface area contributed by atoms with Gasteiger partial charge in [-0.05, 0) is 6.92 Å². The molecule has 1 aromatic rings. The quantitative estimate of drug-likeness (QED) is 0.679. The molecule has 0 aliphatic carbocycles. The predicted octanol–water partition coefficient (Wildman–Crippen LogP) is 0.496. The Kier molecular flexibility index (Phi) is 6.48. The highest BCUT2D eigenvalue weighted by molar-refractivity contribution is 5.94. The van der Waals surface area contributed by atoms with E-state index >= 15 is 0 Å². The van der Waals surface area contributed by atoms with E-state index in [2.05, 4.69) is 10.6 Å². The number of rotatable bonds is 7. The van der Waals surface area contributed by atoms with E-state index in [1.165, 1.54) is 14.2 Å². The maximum absolute atomic E-state index is 11.8. The molecule has 0 aromatic heterocycles. The molecule has 0 saturated heterocycles. The van der Waals surface area contributed by atoms with Crippen LogP contribution in [0, 0.1) is 0 Å². The lowest BCUT2D eigenvalue weighted by Gasteiger charge is -2.11. The zero-order valence-electron chi connectivity index (χ0n) is 12.4. The van der Waals surface area contributed by atoms with Gasteiger partial charge in [-0.15, -0.1) is 0 Å². The maximum Gasteiger partial charge on any atom is 0.243 e. The van der Waals surface area contributed by atoms with Gasteiger partial charge in [-0.2, -0.15) is 0 Å². The van der Waals surface area contributed by atoms with Crippen LogP contribution in [0.25, 0.3) is 0 Å². The van der Waals surface area contributed by atoms with Crippen LogP contribution in [-0.2, 0) is 9.59 Å². The van der Waals surface area contributed by atoms with Crippen LogP contribution in [-0.4, -0.2) is 38.6 Å². The lowest BCUT2D eigenvalue weighted by Crippen LogP contribution is -2.35. The number of carbonyl (C=O) groups is 2. The first-order chi connectivity index (χ1) is 9.94. The number of hydrogen-bond acceptors (Lipinski definition) is 5. The number of hydrogen-bond donors (Lipinski definition) is 3. The lowest BCUT2D eigenvalue weighted by atomic mass is 10.2. The Labute approximate surface area is 123 Å². The number of carbonyl (C=O) groups excluding carboxylic acids is 2. The second-order valence-corrected chi connectivity index (χ2v) is 4.61. The van der Waals surface area contributed by atoms with Crippen LogP contribution in [0.15, 0.2) is 18.2 Å². The predicted molar refractivity (Wildman–Crippen MR) is 79.5 cm³/mol. The third kappa shape index (κ3) is 6.13. The van der Waals surface area contributed by atoms with Gasteiger partial charge in [0.05, 0.1) is 20.8 Å². The minimum absolute atomic E-state index is 0.120. The number of ether oxygens (including phenoxy) is 2. The Morgan fingerprint density at radius 1 is 1.14 bits per heavy atom. The maximum atomic E-state index is 11.8. The first-order valence-electron chi connectivity index (χ1n) is 6.49. The summed E-state index contributed by atoms with van der Waals surface area (Å²) in [5, 5.41) is 5.15. The first-order valence-corrected chi connectivity index (χ1v) is 6.49. The van der Waals surface area contributed by atoms with Crippen molar-refractivity contribution in [3.05, 3.63) is 18.2 Å². The highest BCUT2D eigenvalue weighted by Gasteiger charge is 2.09. The molecule has 0 radical (unpaired) electrons. The van der Waals surface area contributed by atoms with Crippen molar-refractivity contribution in [2.75, 3.05) is 26.1 Å². The highest BCUT2D eigenvalue weighted by Crippen LogP contribution is 2.25. The molecule has 116 valence electrons. The van der Waals surface area contributed by atoms with Crippen molar-refractivity contribution >= 4 is 17.5 Å². The smallest absolute Gasteiger partial charge is 0.243 e. The Bertz CT molecular complexity index is 481. The number of amides is 2. The summed E-state index contributed by atoms with van der Waals surface area (Å²) < 4.78 is 10.2. The van der Waals surface area contributed by atoms with Gasteiger partial charge in [0.1, 0.15) is 11.5 Å². The zero-order valence-corrected chi connectivity index (χ0v) is 12.4. The third-order valence-electron chi connectivity index (χ3n) is 2.59. The largest absolute Gasteiger partial charge is 0.497 e. The number of methoxy groups -OCH3 is 2. The average molecular weight is 295 g/mol. The van der Waals surface area contributed by atoms with Crippen LogP contribution in [0.2, 0.25) is 0 Å². The fourth-order valence-corrected chi connectivity index (χ4v) is 1.63. The van der Waals surface area contributed by atoms with Gasteiger partial charge in [0, 0.05) is 36.3 Å². The van der Waals surface area contributed by atoms with Crippen LogP contribution in [0.4, 0.5) is 5.69 Å². The molecule has 0 heterocycles. The van der Waals surface area contributed by atoms with Crippen LogP contribution >= 0.6 is 0 Å². The number of anilines is 1. The Hall–Kier alpha value is -2.28. The molecule has 7 heteroatoms. The van der Waals surface area contributed by atoms with E-state index in [9.17, 15) is 9.59 Å². The summed E-state index contributed by atoms with van der Waals surface area (Å²) >= 11 is 0. The summed E-state index contributed by atoms with van der Waals surface area (Å²) in [5.41, 5.74) is 6.02. The van der Waals surface area contributed by atoms with Gasteiger partial charge in [0.15, 0.2) is 0 Å². The van der Waals surface area contributed by atoms with E-state index in [1.807, 2.05) is 0 Å². The summed E-state index contributed by atoms with van der Waals surface area (Å²) in [4.78, 5) is 23.2. The van der Waals surface area contributed by atoms with Gasteiger partial charge >= 0.3 is 0 Å². The van der Waals surface area contributed by atoms with Crippen molar-refractivity contribution in [2.24, 2.45) is 5.73 Å². The first kappa shape index (κ1) is 16.8. The van der Waals surface area contributed by atoms with Crippen LogP contribution in [0.3, 0.4) is 0 Å². The molecule has 0 bridgehead atoms. The second kappa shape index (κ2) is 8.11. The molecule has 1 atom stereocenters. The topological polar surface area (TPSA) is 103 Å². The van der Waals surface area contributed by atoms with E-state index in [1.54, 1.807) is 25.1 Å². The van der Waals surface area contributed by atoms with E-state index in [-0.39, 0.29) is 30.8 Å². The average Bonchev–Trinajstić information content (AvgIpc) is 2.44. The number of nitrogens with two attached hydrogens (primary N) is 1. The van der Waals surface area contributed by atoms with E-state index in [0.29, 0.717) is 17.2 Å². The standard InChI is InChI=1S/C14H21N3O4/c1-9(15)4-13(18)16-8-14(19)17-10-5-11(20-2)7-12(6-10)21-3/h5-7,9H,4,8,15H2,1-3H3,(H,16,18)(H,17,19). The van der Waals surface area contributed by atoms with Gasteiger partial charge in [0.25, 0.3) is 0 Å². The molecule has 4 N–H and O–H groups in total. The van der Waals surface area contributed by atoms with E-state index < -0.39 is 0 Å². The summed E-state index contributed by atoms with van der Waals surface area (Å²) in [6, 6.07) is 4.77. The fraction of sp³-hybridized carbons (Fsp3) is 0.429. The van der Waals surface area contributed by atoms with Gasteiger partial charge in [-0.3, -0.25) is 9.59 Å². The molecule has 1 aromatic carbocycles. The minimum Gasteiger partial charge on any atom is -0.497 e. The third-order valence-corrected chi connectivity index (χ3v) is 2.59. The van der Waals surface area contributed by atoms with Crippen molar-refractivity contribution < 1.29 is 19.1 Å². The molecular weight excluding hydrogens is 274 g/mol. The highest BCUT2D eigenvalue weighted by atomic mass is 16.5. The summed E-state index contributed by atoms with van der Waals surface area (Å²) in [6.07, 6.45) is 0.181. The van der Waals surface area contributed by atoms with Crippen molar-refractivity contribution in [2.45, 2.75) is 19.4 Å². The van der Waals surface area contributed by atoms with Gasteiger partial charge in [-0.1, -0.05) is 0 Å². The Balaban J connectivity index is 2.56.